The summed E-state index contributed by atoms with van der Waals surface area (Å²) in [6.07, 6.45) is 0.479. The van der Waals surface area contributed by atoms with E-state index in [1.165, 1.54) is 30.3 Å². The van der Waals surface area contributed by atoms with Crippen LogP contribution < -0.4 is 42.8 Å². The number of nitro benzene ring substituents is 1. The number of terminal acetylenes is 1. The van der Waals surface area contributed by atoms with Crippen molar-refractivity contribution in [1.82, 2.24) is 16.0 Å². The van der Waals surface area contributed by atoms with Crippen LogP contribution in [0.4, 0.5) is 36.2 Å². The molecule has 0 heterocycles. The van der Waals surface area contributed by atoms with Crippen LogP contribution in [0.3, 0.4) is 0 Å². The van der Waals surface area contributed by atoms with Crippen molar-refractivity contribution in [2.75, 3.05) is 30.3 Å². The average molecular weight is 743 g/mol. The van der Waals surface area contributed by atoms with Crippen LogP contribution in [0.5, 0.6) is 5.75 Å². The fourth-order valence-electron chi connectivity index (χ4n) is 4.19. The molecule has 9 N–H and O–H groups in total. The third kappa shape index (κ3) is 15.5. The predicted octanol–water partition coefficient (Wildman–Crippen LogP) is 1.60. The number of benzene rings is 2. The number of nitrogens with one attached hydrogen (secondary N) is 5. The number of nitrogens with zero attached hydrogens (tertiary/aromatic N) is 1. The Morgan fingerprint density at radius 1 is 0.943 bits per heavy atom. The first-order chi connectivity index (χ1) is 25.1. The van der Waals surface area contributed by atoms with E-state index in [0.717, 1.165) is 12.1 Å². The van der Waals surface area contributed by atoms with E-state index >= 15 is 0 Å². The van der Waals surface area contributed by atoms with Crippen molar-refractivity contribution in [3.8, 4) is 18.1 Å². The lowest BCUT2D eigenvalue weighted by atomic mass is 10.0. The summed E-state index contributed by atoms with van der Waals surface area (Å²) in [7, 11) is 0. The smallest absolute Gasteiger partial charge is 0.436 e. The molecule has 0 saturated heterocycles. The topological polar surface area (TPSA) is 312 Å². The Morgan fingerprint density at radius 2 is 1.64 bits per heavy atom. The van der Waals surface area contributed by atoms with E-state index in [-0.39, 0.29) is 54.4 Å². The van der Waals surface area contributed by atoms with Gasteiger partial charge in [0.2, 0.25) is 11.8 Å². The Morgan fingerprint density at radius 3 is 2.25 bits per heavy atom. The zero-order chi connectivity index (χ0) is 39.5. The van der Waals surface area contributed by atoms with E-state index in [2.05, 4.69) is 37.2 Å². The zero-order valence-corrected chi connectivity index (χ0v) is 28.5. The van der Waals surface area contributed by atoms with E-state index in [9.17, 15) is 43.7 Å². The second kappa shape index (κ2) is 21.2. The van der Waals surface area contributed by atoms with Gasteiger partial charge in [-0.05, 0) is 43.0 Å². The van der Waals surface area contributed by atoms with Gasteiger partial charge in [-0.2, -0.15) is 0 Å². The maximum absolute atomic E-state index is 13.5. The van der Waals surface area contributed by atoms with Crippen LogP contribution in [0.2, 0.25) is 0 Å². The van der Waals surface area contributed by atoms with Crippen molar-refractivity contribution in [3.63, 3.8) is 0 Å². The maximum Gasteiger partial charge on any atom is 0.514 e. The summed E-state index contributed by atoms with van der Waals surface area (Å²) in [5.41, 5.74) is 10.2. The van der Waals surface area contributed by atoms with E-state index in [1.54, 1.807) is 13.8 Å². The number of urea groups is 1. The number of alkyl carbamates (subject to hydrolysis) is 1. The second-order valence-corrected chi connectivity index (χ2v) is 11.0. The van der Waals surface area contributed by atoms with E-state index in [0.29, 0.717) is 0 Å². The molecular weight excluding hydrogens is 704 g/mol. The van der Waals surface area contributed by atoms with Gasteiger partial charge >= 0.3 is 24.4 Å². The molecule has 0 fully saturated rings. The number of non-ortho nitro benzene ring substituents is 1. The molecule has 0 aliphatic carbocycles. The molecule has 0 saturated carbocycles. The Hall–Kier alpha value is -7.11. The Balaban J connectivity index is 2.29. The molecule has 0 bridgehead atoms. The number of nitro groups is 1. The standard InChI is InChI=1S/C32H38N8O13/c1-4-14-50-31(46)36-16-25(41)38-24-15-20(8-7-19(24)17-51-32(47)52-22-11-9-21(10-12-22)40(48)49)37-27(42)23(6-5-13-35-29(33)44)39-28(43)26(18(2)3)53-30(34)45/h1,7-12,15,18,23,26H,5-6,13-14,16-17H2,2-3H3,(H2,34,45)(H,36,46)(H,37,42)(H,38,41)(H,39,43)(H3,33,35,44). The van der Waals surface area contributed by atoms with Gasteiger partial charge in [0.05, 0.1) is 4.92 Å². The van der Waals surface area contributed by atoms with Gasteiger partial charge in [0.15, 0.2) is 12.7 Å². The summed E-state index contributed by atoms with van der Waals surface area (Å²) >= 11 is 0. The number of carbonyl (C=O) groups excluding carboxylic acids is 7. The van der Waals surface area contributed by atoms with Gasteiger partial charge in [-0.15, -0.1) is 6.42 Å². The van der Waals surface area contributed by atoms with E-state index in [4.69, 9.17) is 32.1 Å². The lowest BCUT2D eigenvalue weighted by Crippen LogP contribution is -2.50. The fraction of sp³-hybridized carbons (Fsp3) is 0.344. The molecule has 2 unspecified atom stereocenters. The van der Waals surface area contributed by atoms with Gasteiger partial charge in [-0.25, -0.2) is 19.2 Å². The number of carbonyl (C=O) groups is 7. The summed E-state index contributed by atoms with van der Waals surface area (Å²) in [5, 5.41) is 23.0. The van der Waals surface area contributed by atoms with Crippen molar-refractivity contribution in [2.45, 2.75) is 45.4 Å². The number of primary amides is 2. The molecule has 0 aromatic heterocycles. The highest BCUT2D eigenvalue weighted by Gasteiger charge is 2.30. The van der Waals surface area contributed by atoms with Crippen molar-refractivity contribution >= 4 is 59.2 Å². The first-order valence-corrected chi connectivity index (χ1v) is 15.6. The molecule has 0 aliphatic heterocycles. The third-order valence-corrected chi connectivity index (χ3v) is 6.63. The molecule has 53 heavy (non-hydrogen) atoms. The number of hydrogen-bond acceptors (Lipinski definition) is 13. The monoisotopic (exact) mass is 742 g/mol. The van der Waals surface area contributed by atoms with Gasteiger partial charge in [0.25, 0.3) is 11.6 Å². The summed E-state index contributed by atoms with van der Waals surface area (Å²) < 4.78 is 19.7. The van der Waals surface area contributed by atoms with Crippen LogP contribution in [0.25, 0.3) is 0 Å². The third-order valence-electron chi connectivity index (χ3n) is 6.63. The molecule has 0 spiro atoms. The normalized spacial score (nSPS) is 11.4. The first kappa shape index (κ1) is 42.1. The molecule has 7 amide bonds. The fourth-order valence-corrected chi connectivity index (χ4v) is 4.19. The molecule has 0 aliphatic rings. The zero-order valence-electron chi connectivity index (χ0n) is 28.5. The van der Waals surface area contributed by atoms with Gasteiger partial charge < -0.3 is 57.0 Å². The number of hydrogen-bond donors (Lipinski definition) is 7. The summed E-state index contributed by atoms with van der Waals surface area (Å²) in [6, 6.07) is 6.59. The first-order valence-electron chi connectivity index (χ1n) is 15.6. The van der Waals surface area contributed by atoms with Crippen LogP contribution in [0.15, 0.2) is 42.5 Å². The molecule has 21 nitrogen and oxygen atoms in total. The van der Waals surface area contributed by atoms with E-state index < -0.39 is 78.2 Å². The highest BCUT2D eigenvalue weighted by Crippen LogP contribution is 2.24. The number of anilines is 2. The van der Waals surface area contributed by atoms with E-state index in [1.807, 2.05) is 0 Å². The molecule has 2 aromatic rings. The van der Waals surface area contributed by atoms with Crippen molar-refractivity contribution < 1.29 is 57.4 Å². The van der Waals surface area contributed by atoms with Gasteiger partial charge in [0.1, 0.15) is 24.9 Å². The highest BCUT2D eigenvalue weighted by molar-refractivity contribution is 5.99. The molecule has 21 heteroatoms. The summed E-state index contributed by atoms with van der Waals surface area (Å²) in [6.45, 7) is 1.82. The molecule has 0 radical (unpaired) electrons. The molecule has 2 rings (SSSR count). The van der Waals surface area contributed by atoms with Gasteiger partial charge in [0, 0.05) is 35.6 Å². The Kier molecular flexibility index (Phi) is 16.8. The molecule has 2 aromatic carbocycles. The van der Waals surface area contributed by atoms with Gasteiger partial charge in [-0.3, -0.25) is 24.5 Å². The van der Waals surface area contributed by atoms with Crippen LogP contribution in [-0.2, 0) is 35.2 Å². The number of nitrogens with two attached hydrogens (primary N) is 2. The minimum absolute atomic E-state index is 0.00398. The molecule has 2 atom stereocenters. The number of rotatable bonds is 18. The SMILES string of the molecule is C#CCOC(=O)NCC(=O)Nc1cc(NC(=O)C(CCCNC(N)=O)NC(=O)C(OC(N)=O)C(C)C)ccc1COC(=O)Oc1ccc([N+](=O)[O-])cc1. The lowest BCUT2D eigenvalue weighted by molar-refractivity contribution is -0.384. The summed E-state index contributed by atoms with van der Waals surface area (Å²) in [5.74, 6) is -0.847. The molecule has 284 valence electrons. The Labute approximate surface area is 301 Å². The van der Waals surface area contributed by atoms with Crippen LogP contribution in [-0.4, -0.2) is 78.9 Å². The summed E-state index contributed by atoms with van der Waals surface area (Å²) in [4.78, 5) is 96.0. The average Bonchev–Trinajstić information content (AvgIpc) is 3.09. The maximum atomic E-state index is 13.5. The number of amides is 7. The quantitative estimate of drug-likeness (QED) is 0.0217. The predicted molar refractivity (Wildman–Crippen MR) is 184 cm³/mol. The van der Waals surface area contributed by atoms with Crippen LogP contribution >= 0.6 is 0 Å². The largest absolute Gasteiger partial charge is 0.514 e. The van der Waals surface area contributed by atoms with Crippen LogP contribution in [0, 0.1) is 28.4 Å². The Bertz CT molecular complexity index is 1710. The van der Waals surface area contributed by atoms with Crippen molar-refractivity contribution in [2.24, 2.45) is 17.4 Å². The van der Waals surface area contributed by atoms with Gasteiger partial charge in [-0.1, -0.05) is 25.8 Å². The van der Waals surface area contributed by atoms with Crippen molar-refractivity contribution in [3.05, 3.63) is 58.1 Å². The van der Waals surface area contributed by atoms with Crippen LogP contribution in [0.1, 0.15) is 32.3 Å². The lowest BCUT2D eigenvalue weighted by Gasteiger charge is -2.24. The minimum Gasteiger partial charge on any atom is -0.436 e. The minimum atomic E-state index is -1.34. The molecular formula is C32H38N8O13. The number of ether oxygens (including phenoxy) is 4. The van der Waals surface area contributed by atoms with Crippen molar-refractivity contribution in [1.29, 1.82) is 0 Å². The second-order valence-electron chi connectivity index (χ2n) is 11.0. The highest BCUT2D eigenvalue weighted by atomic mass is 16.7.